The van der Waals surface area contributed by atoms with Crippen LogP contribution in [0.2, 0.25) is 0 Å². The fourth-order valence-electron chi connectivity index (χ4n) is 3.08. The van der Waals surface area contributed by atoms with Crippen LogP contribution in [0.5, 0.6) is 0 Å². The first-order valence-corrected chi connectivity index (χ1v) is 7.15. The van der Waals surface area contributed by atoms with Gasteiger partial charge in [-0.15, -0.1) is 0 Å². The molecule has 0 spiro atoms. The lowest BCUT2D eigenvalue weighted by Crippen LogP contribution is -2.51. The number of carbonyl (C=O) groups excluding carboxylic acids is 1. The molecule has 2 unspecified atom stereocenters. The van der Waals surface area contributed by atoms with Gasteiger partial charge in [-0.2, -0.15) is 0 Å². The lowest BCUT2D eigenvalue weighted by atomic mass is 9.59. The average molecular weight is 269 g/mol. The largest absolute Gasteiger partial charge is 0.481 e. The maximum absolute atomic E-state index is 12.5. The molecule has 110 valence electrons. The van der Waals surface area contributed by atoms with Gasteiger partial charge in [0.2, 0.25) is 5.91 Å². The highest BCUT2D eigenvalue weighted by Gasteiger charge is 2.64. The molecule has 1 fully saturated rings. The minimum absolute atomic E-state index is 0.00377. The van der Waals surface area contributed by atoms with Crippen molar-refractivity contribution in [1.29, 1.82) is 0 Å². The van der Waals surface area contributed by atoms with Gasteiger partial charge in [0.15, 0.2) is 0 Å². The summed E-state index contributed by atoms with van der Waals surface area (Å²) in [5, 5.41) is 12.5. The molecule has 19 heavy (non-hydrogen) atoms. The predicted molar refractivity (Wildman–Crippen MR) is 74.8 cm³/mol. The van der Waals surface area contributed by atoms with Crippen molar-refractivity contribution in [3.05, 3.63) is 0 Å². The summed E-state index contributed by atoms with van der Waals surface area (Å²) in [5.41, 5.74) is -2.03. The van der Waals surface area contributed by atoms with Crippen LogP contribution in [0.25, 0.3) is 0 Å². The summed E-state index contributed by atoms with van der Waals surface area (Å²) >= 11 is 0. The average Bonchev–Trinajstić information content (AvgIpc) is 2.52. The number of rotatable bonds is 5. The van der Waals surface area contributed by atoms with Crippen molar-refractivity contribution < 1.29 is 14.7 Å². The lowest BCUT2D eigenvalue weighted by Gasteiger charge is -2.44. The third-order valence-electron chi connectivity index (χ3n) is 5.67. The molecule has 0 radical (unpaired) electrons. The highest BCUT2D eigenvalue weighted by Crippen LogP contribution is 2.62. The molecule has 0 aromatic carbocycles. The highest BCUT2D eigenvalue weighted by molar-refractivity contribution is 5.86. The third-order valence-corrected chi connectivity index (χ3v) is 5.67. The second-order valence-corrected chi connectivity index (χ2v) is 6.70. The number of carboxylic acid groups (broad SMARTS) is 1. The first kappa shape index (κ1) is 16.0. The van der Waals surface area contributed by atoms with Crippen LogP contribution >= 0.6 is 0 Å². The van der Waals surface area contributed by atoms with Crippen molar-refractivity contribution in [1.82, 2.24) is 5.32 Å². The van der Waals surface area contributed by atoms with Gasteiger partial charge in [0, 0.05) is 6.54 Å². The number of unbranched alkanes of at least 4 members (excludes halogenated alkanes) is 1. The monoisotopic (exact) mass is 269 g/mol. The number of nitrogens with one attached hydrogen (secondary N) is 1. The van der Waals surface area contributed by atoms with E-state index in [9.17, 15) is 14.7 Å². The SMILES string of the molecule is CCCCNC(=O)C1(C)CCC(C)(C(=O)O)C1(C)C. The van der Waals surface area contributed by atoms with E-state index in [-0.39, 0.29) is 5.91 Å². The van der Waals surface area contributed by atoms with Gasteiger partial charge in [0.1, 0.15) is 0 Å². The smallest absolute Gasteiger partial charge is 0.309 e. The van der Waals surface area contributed by atoms with E-state index >= 15 is 0 Å². The number of aliphatic carboxylic acids is 1. The van der Waals surface area contributed by atoms with Crippen molar-refractivity contribution in [2.75, 3.05) is 6.54 Å². The molecule has 1 amide bonds. The van der Waals surface area contributed by atoms with Crippen molar-refractivity contribution in [3.8, 4) is 0 Å². The Bertz CT molecular complexity index is 378. The van der Waals surface area contributed by atoms with E-state index in [4.69, 9.17) is 0 Å². The second kappa shape index (κ2) is 5.14. The highest BCUT2D eigenvalue weighted by atomic mass is 16.4. The van der Waals surface area contributed by atoms with Crippen LogP contribution in [0.15, 0.2) is 0 Å². The zero-order valence-electron chi connectivity index (χ0n) is 12.8. The Labute approximate surface area is 116 Å². The van der Waals surface area contributed by atoms with Gasteiger partial charge in [0.05, 0.1) is 10.8 Å². The molecular formula is C15H27NO3. The molecule has 0 aliphatic heterocycles. The Morgan fingerprint density at radius 1 is 1.11 bits per heavy atom. The normalized spacial score (nSPS) is 33.1. The van der Waals surface area contributed by atoms with Crippen molar-refractivity contribution in [2.45, 2.75) is 60.3 Å². The van der Waals surface area contributed by atoms with Gasteiger partial charge in [-0.05, 0) is 31.6 Å². The standard InChI is InChI=1S/C15H27NO3/c1-6-7-10-16-11(17)14(4)8-9-15(5,12(18)19)13(14,2)3/h6-10H2,1-5H3,(H,16,17)(H,18,19). The van der Waals surface area contributed by atoms with E-state index in [1.807, 2.05) is 20.8 Å². The van der Waals surface area contributed by atoms with Crippen LogP contribution < -0.4 is 5.32 Å². The maximum Gasteiger partial charge on any atom is 0.309 e. The Kier molecular flexibility index (Phi) is 4.33. The van der Waals surface area contributed by atoms with Gasteiger partial charge in [-0.1, -0.05) is 34.1 Å². The van der Waals surface area contributed by atoms with E-state index in [2.05, 4.69) is 12.2 Å². The minimum Gasteiger partial charge on any atom is -0.481 e. The molecule has 1 rings (SSSR count). The van der Waals surface area contributed by atoms with Crippen LogP contribution in [0, 0.1) is 16.2 Å². The van der Waals surface area contributed by atoms with E-state index in [0.29, 0.717) is 19.4 Å². The molecule has 0 heterocycles. The minimum atomic E-state index is -0.843. The van der Waals surface area contributed by atoms with Crippen molar-refractivity contribution in [2.24, 2.45) is 16.2 Å². The van der Waals surface area contributed by atoms with Crippen molar-refractivity contribution in [3.63, 3.8) is 0 Å². The summed E-state index contributed by atoms with van der Waals surface area (Å²) in [5.74, 6) is -0.807. The Hall–Kier alpha value is -1.06. The Morgan fingerprint density at radius 2 is 1.63 bits per heavy atom. The van der Waals surface area contributed by atoms with Gasteiger partial charge in [0.25, 0.3) is 0 Å². The number of amides is 1. The fourth-order valence-corrected chi connectivity index (χ4v) is 3.08. The van der Waals surface area contributed by atoms with Crippen LogP contribution in [-0.4, -0.2) is 23.5 Å². The number of carboxylic acids is 1. The summed E-state index contributed by atoms with van der Waals surface area (Å²) < 4.78 is 0. The van der Waals surface area contributed by atoms with Gasteiger partial charge < -0.3 is 10.4 Å². The molecule has 4 nitrogen and oxygen atoms in total. The molecule has 0 bridgehead atoms. The molecule has 1 aliphatic carbocycles. The molecule has 2 N–H and O–H groups in total. The summed E-state index contributed by atoms with van der Waals surface area (Å²) in [6.07, 6.45) is 3.17. The first-order valence-electron chi connectivity index (χ1n) is 7.15. The quantitative estimate of drug-likeness (QED) is 0.754. The summed E-state index contributed by atoms with van der Waals surface area (Å²) in [4.78, 5) is 24.0. The number of carbonyl (C=O) groups is 2. The predicted octanol–water partition coefficient (Wildman–Crippen LogP) is 2.82. The Balaban J connectivity index is 2.95. The number of hydrogen-bond acceptors (Lipinski definition) is 2. The summed E-state index contributed by atoms with van der Waals surface area (Å²) in [6.45, 7) is 10.2. The molecule has 1 aliphatic rings. The van der Waals surface area contributed by atoms with E-state index in [0.717, 1.165) is 12.8 Å². The van der Waals surface area contributed by atoms with E-state index in [1.54, 1.807) is 6.92 Å². The molecule has 0 aromatic heterocycles. The third kappa shape index (κ3) is 2.26. The Morgan fingerprint density at radius 3 is 2.05 bits per heavy atom. The molecular weight excluding hydrogens is 242 g/mol. The van der Waals surface area contributed by atoms with Crippen LogP contribution in [0.4, 0.5) is 0 Å². The fraction of sp³-hybridized carbons (Fsp3) is 0.867. The number of hydrogen-bond donors (Lipinski definition) is 2. The van der Waals surface area contributed by atoms with Gasteiger partial charge in [-0.25, -0.2) is 0 Å². The van der Waals surface area contributed by atoms with Crippen LogP contribution in [-0.2, 0) is 9.59 Å². The summed E-state index contributed by atoms with van der Waals surface area (Å²) in [6, 6.07) is 0. The zero-order valence-corrected chi connectivity index (χ0v) is 12.8. The topological polar surface area (TPSA) is 66.4 Å². The van der Waals surface area contributed by atoms with Crippen LogP contribution in [0.3, 0.4) is 0 Å². The first-order chi connectivity index (χ1) is 8.63. The molecule has 0 aromatic rings. The molecule has 0 saturated heterocycles. The molecule has 1 saturated carbocycles. The molecule has 4 heteroatoms. The summed E-state index contributed by atoms with van der Waals surface area (Å²) in [7, 11) is 0. The lowest BCUT2D eigenvalue weighted by molar-refractivity contribution is -0.158. The maximum atomic E-state index is 12.5. The second-order valence-electron chi connectivity index (χ2n) is 6.70. The van der Waals surface area contributed by atoms with Crippen LogP contribution in [0.1, 0.15) is 60.3 Å². The van der Waals surface area contributed by atoms with E-state index in [1.165, 1.54) is 0 Å². The van der Waals surface area contributed by atoms with Gasteiger partial charge in [-0.3, -0.25) is 9.59 Å². The van der Waals surface area contributed by atoms with Crippen molar-refractivity contribution >= 4 is 11.9 Å². The molecule has 2 atom stereocenters. The van der Waals surface area contributed by atoms with E-state index < -0.39 is 22.2 Å². The van der Waals surface area contributed by atoms with Gasteiger partial charge >= 0.3 is 5.97 Å². The zero-order chi connectivity index (χ0) is 14.9.